The fraction of sp³-hybridized carbons (Fsp3) is 0.619. The summed E-state index contributed by atoms with van der Waals surface area (Å²) in [7, 11) is 0. The number of hydrogen-bond donors (Lipinski definition) is 2. The van der Waals surface area contributed by atoms with Gasteiger partial charge in [0.2, 0.25) is 11.8 Å². The van der Waals surface area contributed by atoms with Crippen LogP contribution in [-0.2, 0) is 9.59 Å². The smallest absolute Gasteiger partial charge is 0.244 e. The van der Waals surface area contributed by atoms with Crippen LogP contribution in [0, 0.1) is 25.7 Å². The van der Waals surface area contributed by atoms with E-state index in [1.807, 2.05) is 39.0 Å². The van der Waals surface area contributed by atoms with E-state index >= 15 is 0 Å². The minimum absolute atomic E-state index is 0. The van der Waals surface area contributed by atoms with Crippen molar-refractivity contribution in [3.8, 4) is 0 Å². The van der Waals surface area contributed by atoms with Crippen molar-refractivity contribution in [3.05, 3.63) is 29.3 Å². The molecule has 1 unspecified atom stereocenters. The van der Waals surface area contributed by atoms with Gasteiger partial charge in [0.25, 0.3) is 0 Å². The Labute approximate surface area is 169 Å². The van der Waals surface area contributed by atoms with E-state index in [0.717, 1.165) is 42.7 Å². The van der Waals surface area contributed by atoms with Gasteiger partial charge in [0, 0.05) is 18.7 Å². The summed E-state index contributed by atoms with van der Waals surface area (Å²) < 4.78 is 0. The molecule has 0 aromatic heterocycles. The molecule has 1 aliphatic rings. The summed E-state index contributed by atoms with van der Waals surface area (Å²) in [6.07, 6.45) is 2.79. The molecular weight excluding hydrogens is 362 g/mol. The summed E-state index contributed by atoms with van der Waals surface area (Å²) >= 11 is 0. The molecule has 152 valence electrons. The van der Waals surface area contributed by atoms with Gasteiger partial charge in [-0.15, -0.1) is 12.4 Å². The maximum absolute atomic E-state index is 12.7. The molecule has 2 rings (SSSR count). The highest BCUT2D eigenvalue weighted by Gasteiger charge is 2.25. The van der Waals surface area contributed by atoms with Gasteiger partial charge in [-0.05, 0) is 69.7 Å². The highest BCUT2D eigenvalue weighted by atomic mass is 35.5. The number of nitrogens with one attached hydrogen (secondary N) is 2. The standard InChI is InChI=1S/C21H33N3O2.ClH/c1-5-24(20(26)13-17(4)18-9-11-22-12-10-18)14-19(25)23-21-15(2)7-6-8-16(21)3;/h6-8,17-18,22H,5,9-14H2,1-4H3,(H,23,25);1H. The van der Waals surface area contributed by atoms with Crippen LogP contribution in [0.2, 0.25) is 0 Å². The summed E-state index contributed by atoms with van der Waals surface area (Å²) in [6, 6.07) is 5.93. The van der Waals surface area contributed by atoms with E-state index in [2.05, 4.69) is 17.6 Å². The van der Waals surface area contributed by atoms with Gasteiger partial charge in [-0.2, -0.15) is 0 Å². The van der Waals surface area contributed by atoms with Gasteiger partial charge in [-0.1, -0.05) is 25.1 Å². The molecule has 1 aromatic carbocycles. The molecule has 2 N–H and O–H groups in total. The van der Waals surface area contributed by atoms with Crippen LogP contribution in [0.1, 0.15) is 44.2 Å². The Kier molecular flexibility index (Phi) is 9.81. The third kappa shape index (κ3) is 6.82. The molecule has 1 fully saturated rings. The zero-order valence-corrected chi connectivity index (χ0v) is 17.8. The zero-order valence-electron chi connectivity index (χ0n) is 17.0. The Morgan fingerprint density at radius 1 is 1.22 bits per heavy atom. The van der Waals surface area contributed by atoms with E-state index in [9.17, 15) is 9.59 Å². The Morgan fingerprint density at radius 2 is 1.81 bits per heavy atom. The lowest BCUT2D eigenvalue weighted by molar-refractivity contribution is -0.135. The predicted octanol–water partition coefficient (Wildman–Crippen LogP) is 3.54. The molecular formula is C21H34ClN3O2. The monoisotopic (exact) mass is 395 g/mol. The van der Waals surface area contributed by atoms with E-state index in [0.29, 0.717) is 24.8 Å². The topological polar surface area (TPSA) is 61.4 Å². The summed E-state index contributed by atoms with van der Waals surface area (Å²) in [6.45, 7) is 10.8. The van der Waals surface area contributed by atoms with Crippen LogP contribution in [0.15, 0.2) is 18.2 Å². The van der Waals surface area contributed by atoms with Crippen LogP contribution in [0.5, 0.6) is 0 Å². The van der Waals surface area contributed by atoms with E-state index in [1.54, 1.807) is 4.90 Å². The van der Waals surface area contributed by atoms with Crippen molar-refractivity contribution in [2.45, 2.75) is 47.0 Å². The number of benzene rings is 1. The van der Waals surface area contributed by atoms with Crippen molar-refractivity contribution in [1.29, 1.82) is 0 Å². The van der Waals surface area contributed by atoms with Crippen LogP contribution >= 0.6 is 12.4 Å². The number of hydrogen-bond acceptors (Lipinski definition) is 3. The fourth-order valence-corrected chi connectivity index (χ4v) is 3.72. The Morgan fingerprint density at radius 3 is 2.37 bits per heavy atom. The highest BCUT2D eigenvalue weighted by Crippen LogP contribution is 2.25. The number of likely N-dealkylation sites (N-methyl/N-ethyl adjacent to an activating group) is 1. The highest BCUT2D eigenvalue weighted by molar-refractivity contribution is 5.95. The van der Waals surface area contributed by atoms with Crippen LogP contribution < -0.4 is 10.6 Å². The van der Waals surface area contributed by atoms with Crippen LogP contribution in [0.4, 0.5) is 5.69 Å². The van der Waals surface area contributed by atoms with Crippen molar-refractivity contribution >= 4 is 29.9 Å². The number of amides is 2. The van der Waals surface area contributed by atoms with Crippen LogP contribution in [-0.4, -0.2) is 42.9 Å². The number of carbonyl (C=O) groups is 2. The molecule has 0 spiro atoms. The van der Waals surface area contributed by atoms with Crippen molar-refractivity contribution in [2.75, 3.05) is 31.5 Å². The Hall–Kier alpha value is -1.59. The second kappa shape index (κ2) is 11.3. The molecule has 6 heteroatoms. The lowest BCUT2D eigenvalue weighted by atomic mass is 9.84. The van der Waals surface area contributed by atoms with Gasteiger partial charge in [0.1, 0.15) is 0 Å². The fourth-order valence-electron chi connectivity index (χ4n) is 3.72. The first kappa shape index (κ1) is 23.4. The SMILES string of the molecule is CCN(CC(=O)Nc1c(C)cccc1C)C(=O)CC(C)C1CCNCC1.Cl. The van der Waals surface area contributed by atoms with Gasteiger partial charge in [-0.25, -0.2) is 0 Å². The molecule has 1 heterocycles. The maximum atomic E-state index is 12.7. The van der Waals surface area contributed by atoms with E-state index in [1.165, 1.54) is 0 Å². The van der Waals surface area contributed by atoms with Crippen molar-refractivity contribution < 1.29 is 9.59 Å². The minimum atomic E-state index is -0.132. The van der Waals surface area contributed by atoms with Gasteiger partial charge in [0.05, 0.1) is 6.54 Å². The largest absolute Gasteiger partial charge is 0.334 e. The molecule has 0 aliphatic carbocycles. The Balaban J connectivity index is 0.00000364. The average molecular weight is 396 g/mol. The van der Waals surface area contributed by atoms with Gasteiger partial charge < -0.3 is 15.5 Å². The number of para-hydroxylation sites is 1. The van der Waals surface area contributed by atoms with Crippen molar-refractivity contribution in [3.63, 3.8) is 0 Å². The molecule has 1 saturated heterocycles. The number of anilines is 1. The third-order valence-electron chi connectivity index (χ3n) is 5.50. The lowest BCUT2D eigenvalue weighted by Gasteiger charge is -2.29. The quantitative estimate of drug-likeness (QED) is 0.742. The molecule has 5 nitrogen and oxygen atoms in total. The first-order chi connectivity index (χ1) is 12.4. The second-order valence-corrected chi connectivity index (χ2v) is 7.49. The minimum Gasteiger partial charge on any atom is -0.334 e. The molecule has 1 aromatic rings. The number of nitrogens with zero attached hydrogens (tertiary/aromatic N) is 1. The maximum Gasteiger partial charge on any atom is 0.244 e. The average Bonchev–Trinajstić information content (AvgIpc) is 2.63. The van der Waals surface area contributed by atoms with E-state index in [-0.39, 0.29) is 30.8 Å². The first-order valence-corrected chi connectivity index (χ1v) is 9.77. The summed E-state index contributed by atoms with van der Waals surface area (Å²) in [4.78, 5) is 26.8. The number of piperidine rings is 1. The first-order valence-electron chi connectivity index (χ1n) is 9.77. The summed E-state index contributed by atoms with van der Waals surface area (Å²) in [5, 5.41) is 6.34. The van der Waals surface area contributed by atoms with E-state index < -0.39 is 0 Å². The lowest BCUT2D eigenvalue weighted by Crippen LogP contribution is -2.40. The normalized spacial score (nSPS) is 15.6. The molecule has 0 radical (unpaired) electrons. The summed E-state index contributed by atoms with van der Waals surface area (Å²) in [5.41, 5.74) is 2.92. The number of carbonyl (C=O) groups excluding carboxylic acids is 2. The number of rotatable bonds is 7. The number of aryl methyl sites for hydroxylation is 2. The van der Waals surface area contributed by atoms with Crippen LogP contribution in [0.25, 0.3) is 0 Å². The van der Waals surface area contributed by atoms with Gasteiger partial charge >= 0.3 is 0 Å². The summed E-state index contributed by atoms with van der Waals surface area (Å²) in [5.74, 6) is 0.907. The molecule has 27 heavy (non-hydrogen) atoms. The predicted molar refractivity (Wildman–Crippen MR) is 113 cm³/mol. The van der Waals surface area contributed by atoms with Crippen molar-refractivity contribution in [1.82, 2.24) is 10.2 Å². The second-order valence-electron chi connectivity index (χ2n) is 7.49. The molecule has 2 amide bonds. The van der Waals surface area contributed by atoms with E-state index in [4.69, 9.17) is 0 Å². The van der Waals surface area contributed by atoms with Gasteiger partial charge in [-0.3, -0.25) is 9.59 Å². The van der Waals surface area contributed by atoms with Crippen molar-refractivity contribution in [2.24, 2.45) is 11.8 Å². The third-order valence-corrected chi connectivity index (χ3v) is 5.50. The van der Waals surface area contributed by atoms with Gasteiger partial charge in [0.15, 0.2) is 0 Å². The molecule has 1 aliphatic heterocycles. The van der Waals surface area contributed by atoms with Crippen LogP contribution in [0.3, 0.4) is 0 Å². The Bertz CT molecular complexity index is 610. The number of halogens is 1. The molecule has 0 saturated carbocycles. The molecule has 0 bridgehead atoms. The zero-order chi connectivity index (χ0) is 19.1. The molecule has 1 atom stereocenters.